The number of aromatic nitrogens is 3. The van der Waals surface area contributed by atoms with Crippen LogP contribution >= 0.6 is 11.6 Å². The Morgan fingerprint density at radius 2 is 2.00 bits per heavy atom. The summed E-state index contributed by atoms with van der Waals surface area (Å²) < 4.78 is 25.7. The van der Waals surface area contributed by atoms with Crippen LogP contribution < -0.4 is 0 Å². The van der Waals surface area contributed by atoms with Gasteiger partial charge in [-0.3, -0.25) is 0 Å². The van der Waals surface area contributed by atoms with Crippen LogP contribution in [0.5, 0.6) is 0 Å². The number of rotatable bonds is 4. The van der Waals surface area contributed by atoms with Gasteiger partial charge in [0.2, 0.25) is 9.84 Å². The van der Waals surface area contributed by atoms with Crippen molar-refractivity contribution in [2.45, 2.75) is 23.9 Å². The van der Waals surface area contributed by atoms with Crippen LogP contribution in [0.1, 0.15) is 13.8 Å². The Labute approximate surface area is 133 Å². The van der Waals surface area contributed by atoms with Gasteiger partial charge in [-0.2, -0.15) is 4.68 Å². The topological polar surface area (TPSA) is 85.2 Å². The maximum Gasteiger partial charge on any atom is 0.346 e. The summed E-state index contributed by atoms with van der Waals surface area (Å²) in [6, 6.07) is 5.37. The monoisotopic (exact) mass is 342 g/mol. The van der Waals surface area contributed by atoms with Crippen LogP contribution in [-0.2, 0) is 9.84 Å². The second-order valence-corrected chi connectivity index (χ2v) is 6.67. The lowest BCUT2D eigenvalue weighted by Gasteiger charge is -2.17. The van der Waals surface area contributed by atoms with Gasteiger partial charge >= 0.3 is 6.03 Å². The second kappa shape index (κ2) is 6.45. The minimum Gasteiger partial charge on any atom is -0.323 e. The fourth-order valence-electron chi connectivity index (χ4n) is 1.84. The smallest absolute Gasteiger partial charge is 0.323 e. The van der Waals surface area contributed by atoms with Gasteiger partial charge in [-0.25, -0.2) is 18.2 Å². The van der Waals surface area contributed by atoms with Crippen LogP contribution in [0.25, 0.3) is 0 Å². The highest BCUT2D eigenvalue weighted by molar-refractivity contribution is 7.91. The molecule has 0 aliphatic rings. The highest BCUT2D eigenvalue weighted by Gasteiger charge is 2.24. The van der Waals surface area contributed by atoms with E-state index in [0.29, 0.717) is 18.1 Å². The lowest BCUT2D eigenvalue weighted by atomic mass is 10.4. The largest absolute Gasteiger partial charge is 0.346 e. The first-order valence-corrected chi connectivity index (χ1v) is 8.47. The molecule has 0 spiro atoms. The third-order valence-corrected chi connectivity index (χ3v) is 4.82. The zero-order valence-corrected chi connectivity index (χ0v) is 13.7. The molecule has 0 aliphatic carbocycles. The van der Waals surface area contributed by atoms with Gasteiger partial charge in [-0.1, -0.05) is 17.7 Å². The van der Waals surface area contributed by atoms with Gasteiger partial charge in [-0.15, -0.1) is 5.10 Å². The van der Waals surface area contributed by atoms with E-state index in [-0.39, 0.29) is 4.90 Å². The summed E-state index contributed by atoms with van der Waals surface area (Å²) in [5, 5.41) is 3.64. The van der Waals surface area contributed by atoms with E-state index in [1.54, 1.807) is 6.07 Å². The Balaban J connectivity index is 2.37. The summed E-state index contributed by atoms with van der Waals surface area (Å²) in [6.07, 6.45) is 1.10. The number of sulfone groups is 1. The van der Waals surface area contributed by atoms with Gasteiger partial charge in [0, 0.05) is 18.1 Å². The standard InChI is InChI=1S/C13H15ClN4O3S/c1-3-17(4-2)13(19)18-9-15-12(16-18)22(20,21)11-7-5-6-10(14)8-11/h5-9H,3-4H2,1-2H3. The molecule has 1 amide bonds. The van der Waals surface area contributed by atoms with Gasteiger partial charge in [0.15, 0.2) is 0 Å². The Kier molecular flexibility index (Phi) is 4.82. The second-order valence-electron chi connectivity index (χ2n) is 4.39. The molecule has 2 rings (SSSR count). The first-order valence-electron chi connectivity index (χ1n) is 6.61. The Hall–Kier alpha value is -1.93. The predicted octanol–water partition coefficient (Wildman–Crippen LogP) is 2.07. The van der Waals surface area contributed by atoms with Crippen LogP contribution in [-0.4, -0.2) is 47.2 Å². The van der Waals surface area contributed by atoms with Crippen molar-refractivity contribution in [3.05, 3.63) is 35.6 Å². The van der Waals surface area contributed by atoms with Crippen LogP contribution in [0.15, 0.2) is 40.6 Å². The van der Waals surface area contributed by atoms with Crippen molar-refractivity contribution in [3.63, 3.8) is 0 Å². The molecule has 7 nitrogen and oxygen atoms in total. The van der Waals surface area contributed by atoms with Gasteiger partial charge in [0.25, 0.3) is 5.16 Å². The summed E-state index contributed by atoms with van der Waals surface area (Å²) in [7, 11) is -3.91. The molecular weight excluding hydrogens is 328 g/mol. The quantitative estimate of drug-likeness (QED) is 0.849. The number of nitrogens with zero attached hydrogens (tertiary/aromatic N) is 4. The number of carbonyl (C=O) groups excluding carboxylic acids is 1. The molecule has 0 saturated carbocycles. The Morgan fingerprint density at radius 3 is 2.59 bits per heavy atom. The molecule has 1 aromatic carbocycles. The van der Waals surface area contributed by atoms with Gasteiger partial charge < -0.3 is 4.90 Å². The minimum atomic E-state index is -3.91. The van der Waals surface area contributed by atoms with Crippen molar-refractivity contribution < 1.29 is 13.2 Å². The normalized spacial score (nSPS) is 11.4. The van der Waals surface area contributed by atoms with E-state index in [4.69, 9.17) is 11.6 Å². The van der Waals surface area contributed by atoms with E-state index in [1.807, 2.05) is 13.8 Å². The van der Waals surface area contributed by atoms with Gasteiger partial charge in [0.05, 0.1) is 4.90 Å². The third kappa shape index (κ3) is 3.12. The molecule has 0 fully saturated rings. The van der Waals surface area contributed by atoms with Crippen molar-refractivity contribution in [3.8, 4) is 0 Å². The van der Waals surface area contributed by atoms with Crippen molar-refractivity contribution in [1.29, 1.82) is 0 Å². The van der Waals surface area contributed by atoms with Crippen LogP contribution in [0.3, 0.4) is 0 Å². The number of halogens is 1. The lowest BCUT2D eigenvalue weighted by molar-refractivity contribution is 0.201. The maximum absolute atomic E-state index is 12.4. The molecule has 2 aromatic rings. The molecule has 0 aliphatic heterocycles. The molecule has 0 bridgehead atoms. The highest BCUT2D eigenvalue weighted by atomic mass is 35.5. The molecule has 0 unspecified atom stereocenters. The van der Waals surface area contributed by atoms with Crippen molar-refractivity contribution in [2.24, 2.45) is 0 Å². The van der Waals surface area contributed by atoms with E-state index in [0.717, 1.165) is 11.0 Å². The zero-order valence-electron chi connectivity index (χ0n) is 12.1. The molecule has 118 valence electrons. The molecule has 0 N–H and O–H groups in total. The number of carbonyl (C=O) groups is 1. The third-order valence-electron chi connectivity index (χ3n) is 3.05. The fourth-order valence-corrected chi connectivity index (χ4v) is 3.23. The summed E-state index contributed by atoms with van der Waals surface area (Å²) in [4.78, 5) is 17.3. The molecule has 22 heavy (non-hydrogen) atoms. The Morgan fingerprint density at radius 1 is 1.32 bits per heavy atom. The zero-order chi connectivity index (χ0) is 16.3. The summed E-state index contributed by atoms with van der Waals surface area (Å²) in [5.41, 5.74) is 0. The van der Waals surface area contributed by atoms with E-state index in [9.17, 15) is 13.2 Å². The van der Waals surface area contributed by atoms with Crippen LogP contribution in [0.4, 0.5) is 4.79 Å². The summed E-state index contributed by atoms with van der Waals surface area (Å²) in [5.74, 6) is 0. The molecular formula is C13H15ClN4O3S. The molecule has 0 saturated heterocycles. The van der Waals surface area contributed by atoms with Crippen LogP contribution in [0.2, 0.25) is 5.02 Å². The van der Waals surface area contributed by atoms with Gasteiger partial charge in [-0.05, 0) is 32.0 Å². The Bertz CT molecular complexity index is 784. The van der Waals surface area contributed by atoms with Crippen molar-refractivity contribution in [1.82, 2.24) is 19.7 Å². The molecule has 0 radical (unpaired) electrons. The van der Waals surface area contributed by atoms with Crippen molar-refractivity contribution in [2.75, 3.05) is 13.1 Å². The average Bonchev–Trinajstić information content (AvgIpc) is 2.99. The lowest BCUT2D eigenvalue weighted by Crippen LogP contribution is -2.34. The molecule has 1 heterocycles. The van der Waals surface area contributed by atoms with Crippen molar-refractivity contribution >= 4 is 27.5 Å². The maximum atomic E-state index is 12.4. The average molecular weight is 343 g/mol. The molecule has 0 atom stereocenters. The fraction of sp³-hybridized carbons (Fsp3) is 0.308. The molecule has 9 heteroatoms. The first kappa shape index (κ1) is 16.4. The number of hydrogen-bond donors (Lipinski definition) is 0. The predicted molar refractivity (Wildman–Crippen MR) is 80.6 cm³/mol. The number of hydrogen-bond acceptors (Lipinski definition) is 5. The SMILES string of the molecule is CCN(CC)C(=O)n1cnc(S(=O)(=O)c2cccc(Cl)c2)n1. The van der Waals surface area contributed by atoms with E-state index < -0.39 is 21.0 Å². The van der Waals surface area contributed by atoms with E-state index in [1.165, 1.54) is 23.1 Å². The van der Waals surface area contributed by atoms with E-state index in [2.05, 4.69) is 10.1 Å². The highest BCUT2D eigenvalue weighted by Crippen LogP contribution is 2.20. The summed E-state index contributed by atoms with van der Waals surface area (Å²) >= 11 is 5.80. The first-order chi connectivity index (χ1) is 10.4. The van der Waals surface area contributed by atoms with Gasteiger partial charge in [0.1, 0.15) is 6.33 Å². The van der Waals surface area contributed by atoms with E-state index >= 15 is 0 Å². The minimum absolute atomic E-state index is 0.0203. The summed E-state index contributed by atoms with van der Waals surface area (Å²) in [6.45, 7) is 4.63. The number of amides is 1. The molecule has 1 aromatic heterocycles. The number of benzene rings is 1. The van der Waals surface area contributed by atoms with Crippen LogP contribution in [0, 0.1) is 0 Å².